The summed E-state index contributed by atoms with van der Waals surface area (Å²) in [5.74, 6) is 0.544. The topological polar surface area (TPSA) is 36.1 Å². The molecule has 2 aromatic rings. The van der Waals surface area contributed by atoms with E-state index >= 15 is 0 Å². The van der Waals surface area contributed by atoms with E-state index in [0.717, 1.165) is 55.4 Å². The molecule has 2 heterocycles. The number of carbonyl (C=O) groups is 1. The average molecular weight is 316 g/mol. The minimum atomic E-state index is -0.211. The van der Waals surface area contributed by atoms with Gasteiger partial charge in [0.25, 0.3) is 0 Å². The molecule has 3 rings (SSSR count). The molecule has 1 aliphatic heterocycles. The van der Waals surface area contributed by atoms with Crippen LogP contribution in [0.4, 0.5) is 4.39 Å². The normalized spacial score (nSPS) is 18.8. The number of carbonyl (C=O) groups excluding carboxylic acids is 1. The van der Waals surface area contributed by atoms with Gasteiger partial charge in [0.1, 0.15) is 5.82 Å². The molecule has 1 aliphatic rings. The Morgan fingerprint density at radius 3 is 2.87 bits per heavy atom. The molecule has 124 valence electrons. The Bertz CT molecular complexity index is 690. The number of halogens is 1. The SMILES string of the molecule is CCC(CC)C(=O)N1CCCC(c2cc3cc(F)ccc3[nH]2)C1. The van der Waals surface area contributed by atoms with Gasteiger partial charge in [-0.15, -0.1) is 0 Å². The average Bonchev–Trinajstić information content (AvgIpc) is 2.99. The Kier molecular flexibility index (Phi) is 4.69. The van der Waals surface area contributed by atoms with Gasteiger partial charge in [-0.25, -0.2) is 4.39 Å². The Morgan fingerprint density at radius 1 is 1.35 bits per heavy atom. The number of piperidine rings is 1. The summed E-state index contributed by atoms with van der Waals surface area (Å²) in [5, 5.41) is 0.906. The fourth-order valence-electron chi connectivity index (χ4n) is 3.67. The second-order valence-corrected chi connectivity index (χ2v) is 6.59. The first-order valence-corrected chi connectivity index (χ1v) is 8.69. The van der Waals surface area contributed by atoms with Gasteiger partial charge in [0, 0.05) is 41.5 Å². The van der Waals surface area contributed by atoms with Crippen molar-refractivity contribution in [3.63, 3.8) is 0 Å². The van der Waals surface area contributed by atoms with Crippen LogP contribution in [0.1, 0.15) is 51.1 Å². The minimum Gasteiger partial charge on any atom is -0.358 e. The molecule has 0 saturated carbocycles. The summed E-state index contributed by atoms with van der Waals surface area (Å²) in [6.45, 7) is 5.80. The van der Waals surface area contributed by atoms with Crippen LogP contribution < -0.4 is 0 Å². The molecule has 23 heavy (non-hydrogen) atoms. The standard InChI is InChI=1S/C19H25FN2O/c1-3-13(4-2)19(23)22-9-5-6-14(12-22)18-11-15-10-16(20)7-8-17(15)21-18/h7-8,10-11,13-14,21H,3-6,9,12H2,1-2H3. The van der Waals surface area contributed by atoms with Crippen LogP contribution in [0.5, 0.6) is 0 Å². The number of benzene rings is 1. The lowest BCUT2D eigenvalue weighted by molar-refractivity contribution is -0.137. The van der Waals surface area contributed by atoms with Gasteiger partial charge in [-0.05, 0) is 49.9 Å². The maximum Gasteiger partial charge on any atom is 0.225 e. The summed E-state index contributed by atoms with van der Waals surface area (Å²) in [6, 6.07) is 6.86. The van der Waals surface area contributed by atoms with Crippen molar-refractivity contribution in [3.05, 3.63) is 35.8 Å². The van der Waals surface area contributed by atoms with Crippen molar-refractivity contribution in [3.8, 4) is 0 Å². The number of aromatic amines is 1. The van der Waals surface area contributed by atoms with E-state index < -0.39 is 0 Å². The van der Waals surface area contributed by atoms with Gasteiger partial charge < -0.3 is 9.88 Å². The molecular formula is C19H25FN2O. The van der Waals surface area contributed by atoms with Gasteiger partial charge in [-0.3, -0.25) is 4.79 Å². The highest BCUT2D eigenvalue weighted by Crippen LogP contribution is 2.30. The van der Waals surface area contributed by atoms with E-state index in [1.165, 1.54) is 6.07 Å². The quantitative estimate of drug-likeness (QED) is 0.889. The number of rotatable bonds is 4. The highest BCUT2D eigenvalue weighted by atomic mass is 19.1. The maximum absolute atomic E-state index is 13.4. The minimum absolute atomic E-state index is 0.144. The van der Waals surface area contributed by atoms with Crippen molar-refractivity contribution in [1.29, 1.82) is 0 Å². The third-order valence-electron chi connectivity index (χ3n) is 5.11. The number of amides is 1. The molecule has 0 aliphatic carbocycles. The largest absolute Gasteiger partial charge is 0.358 e. The summed E-state index contributed by atoms with van der Waals surface area (Å²) in [4.78, 5) is 18.1. The summed E-state index contributed by atoms with van der Waals surface area (Å²) >= 11 is 0. The Labute approximate surface area is 136 Å². The molecule has 0 radical (unpaired) electrons. The van der Waals surface area contributed by atoms with E-state index in [4.69, 9.17) is 0 Å². The number of H-pyrrole nitrogens is 1. The molecule has 1 unspecified atom stereocenters. The van der Waals surface area contributed by atoms with E-state index in [9.17, 15) is 9.18 Å². The molecule has 1 aromatic carbocycles. The molecular weight excluding hydrogens is 291 g/mol. The third-order valence-corrected chi connectivity index (χ3v) is 5.11. The Hall–Kier alpha value is -1.84. The predicted octanol–water partition coefficient (Wildman–Crippen LogP) is 4.45. The van der Waals surface area contributed by atoms with Gasteiger partial charge in [0.15, 0.2) is 0 Å². The smallest absolute Gasteiger partial charge is 0.225 e. The number of nitrogens with zero attached hydrogens (tertiary/aromatic N) is 1. The number of hydrogen-bond acceptors (Lipinski definition) is 1. The fraction of sp³-hybridized carbons (Fsp3) is 0.526. The molecule has 1 fully saturated rings. The Balaban J connectivity index is 1.78. The summed E-state index contributed by atoms with van der Waals surface area (Å²) in [6.07, 6.45) is 3.91. The first-order chi connectivity index (χ1) is 11.1. The lowest BCUT2D eigenvalue weighted by Gasteiger charge is -2.34. The first kappa shape index (κ1) is 16.0. The summed E-state index contributed by atoms with van der Waals surface area (Å²) < 4.78 is 13.4. The van der Waals surface area contributed by atoms with Gasteiger partial charge in [-0.2, -0.15) is 0 Å². The summed E-state index contributed by atoms with van der Waals surface area (Å²) in [7, 11) is 0. The molecule has 3 nitrogen and oxygen atoms in total. The second-order valence-electron chi connectivity index (χ2n) is 6.59. The second kappa shape index (κ2) is 6.73. The van der Waals surface area contributed by atoms with Crippen molar-refractivity contribution in [1.82, 2.24) is 9.88 Å². The van der Waals surface area contributed by atoms with E-state index in [1.54, 1.807) is 12.1 Å². The van der Waals surface area contributed by atoms with Crippen LogP contribution in [0.3, 0.4) is 0 Å². The number of fused-ring (bicyclic) bond motifs is 1. The van der Waals surface area contributed by atoms with Crippen LogP contribution in [0.15, 0.2) is 24.3 Å². The molecule has 4 heteroatoms. The van der Waals surface area contributed by atoms with E-state index in [0.29, 0.717) is 11.8 Å². The van der Waals surface area contributed by atoms with Crippen LogP contribution in [0, 0.1) is 11.7 Å². The van der Waals surface area contributed by atoms with E-state index in [1.807, 2.05) is 11.0 Å². The van der Waals surface area contributed by atoms with E-state index in [2.05, 4.69) is 18.8 Å². The van der Waals surface area contributed by atoms with E-state index in [-0.39, 0.29) is 11.7 Å². The van der Waals surface area contributed by atoms with Gasteiger partial charge in [-0.1, -0.05) is 13.8 Å². The van der Waals surface area contributed by atoms with Gasteiger partial charge >= 0.3 is 0 Å². The molecule has 0 spiro atoms. The van der Waals surface area contributed by atoms with Crippen LogP contribution >= 0.6 is 0 Å². The fourth-order valence-corrected chi connectivity index (χ4v) is 3.67. The van der Waals surface area contributed by atoms with Crippen molar-refractivity contribution < 1.29 is 9.18 Å². The zero-order valence-electron chi connectivity index (χ0n) is 13.9. The van der Waals surface area contributed by atoms with Crippen LogP contribution in [-0.2, 0) is 4.79 Å². The van der Waals surface area contributed by atoms with Crippen LogP contribution in [0.25, 0.3) is 10.9 Å². The molecule has 1 amide bonds. The molecule has 1 aromatic heterocycles. The maximum atomic E-state index is 13.4. The van der Waals surface area contributed by atoms with Crippen LogP contribution in [-0.4, -0.2) is 28.9 Å². The molecule has 1 atom stereocenters. The summed E-state index contributed by atoms with van der Waals surface area (Å²) in [5.41, 5.74) is 2.08. The number of hydrogen-bond donors (Lipinski definition) is 1. The zero-order valence-corrected chi connectivity index (χ0v) is 13.9. The molecule has 0 bridgehead atoms. The zero-order chi connectivity index (χ0) is 16.4. The van der Waals surface area contributed by atoms with Crippen molar-refractivity contribution in [2.45, 2.75) is 45.4 Å². The molecule has 1 N–H and O–H groups in total. The van der Waals surface area contributed by atoms with Crippen molar-refractivity contribution >= 4 is 16.8 Å². The van der Waals surface area contributed by atoms with Crippen molar-refractivity contribution in [2.24, 2.45) is 5.92 Å². The number of nitrogens with one attached hydrogen (secondary N) is 1. The third kappa shape index (κ3) is 3.26. The highest BCUT2D eigenvalue weighted by Gasteiger charge is 2.28. The van der Waals surface area contributed by atoms with Gasteiger partial charge in [0.05, 0.1) is 0 Å². The van der Waals surface area contributed by atoms with Crippen molar-refractivity contribution in [2.75, 3.05) is 13.1 Å². The number of aromatic nitrogens is 1. The Morgan fingerprint density at radius 2 is 2.13 bits per heavy atom. The van der Waals surface area contributed by atoms with Crippen LogP contribution in [0.2, 0.25) is 0 Å². The highest BCUT2D eigenvalue weighted by molar-refractivity contribution is 5.81. The number of likely N-dealkylation sites (tertiary alicyclic amines) is 1. The molecule has 1 saturated heterocycles. The predicted molar refractivity (Wildman–Crippen MR) is 90.9 cm³/mol. The lowest BCUT2D eigenvalue weighted by atomic mass is 9.92. The van der Waals surface area contributed by atoms with Gasteiger partial charge in [0.2, 0.25) is 5.91 Å². The first-order valence-electron chi connectivity index (χ1n) is 8.69. The lowest BCUT2D eigenvalue weighted by Crippen LogP contribution is -2.42. The monoisotopic (exact) mass is 316 g/mol.